The molecule has 0 saturated carbocycles. The van der Waals surface area contributed by atoms with E-state index in [0.717, 1.165) is 38.5 Å². The van der Waals surface area contributed by atoms with Gasteiger partial charge in [-0.05, 0) is 19.3 Å². The van der Waals surface area contributed by atoms with Crippen LogP contribution in [0.4, 0.5) is 0 Å². The Kier molecular flexibility index (Phi) is 49.6. The molecule has 12 unspecified atom stereocenters. The van der Waals surface area contributed by atoms with Crippen LogP contribution in [0.2, 0.25) is 0 Å². The van der Waals surface area contributed by atoms with Gasteiger partial charge < -0.3 is 65.1 Å². The lowest BCUT2D eigenvalue weighted by atomic mass is 9.97. The van der Waals surface area contributed by atoms with Crippen molar-refractivity contribution in [2.45, 2.75) is 389 Å². The second-order valence-electron chi connectivity index (χ2n) is 24.7. The number of amides is 1. The zero-order chi connectivity index (χ0) is 58.8. The van der Waals surface area contributed by atoms with Crippen molar-refractivity contribution in [2.24, 2.45) is 0 Å². The van der Waals surface area contributed by atoms with Crippen molar-refractivity contribution in [2.75, 3.05) is 19.8 Å². The largest absolute Gasteiger partial charge is 0.394 e. The van der Waals surface area contributed by atoms with E-state index in [9.17, 15) is 45.6 Å². The van der Waals surface area contributed by atoms with Crippen LogP contribution in [-0.4, -0.2) is 140 Å². The van der Waals surface area contributed by atoms with Crippen LogP contribution in [0.3, 0.4) is 0 Å². The molecule has 0 radical (unpaired) electrons. The molecule has 0 aromatic carbocycles. The van der Waals surface area contributed by atoms with E-state index < -0.39 is 86.8 Å². The van der Waals surface area contributed by atoms with Crippen molar-refractivity contribution in [3.8, 4) is 0 Å². The maximum atomic E-state index is 13.3. The van der Waals surface area contributed by atoms with Crippen molar-refractivity contribution in [1.82, 2.24) is 5.32 Å². The van der Waals surface area contributed by atoms with Gasteiger partial charge in [0.2, 0.25) is 5.91 Å². The lowest BCUT2D eigenvalue weighted by Crippen LogP contribution is -2.65. The minimum Gasteiger partial charge on any atom is -0.394 e. The number of ether oxygens (including phenoxy) is 4. The average molecular weight is 1160 g/mol. The van der Waals surface area contributed by atoms with Crippen molar-refractivity contribution < 1.29 is 64.6 Å². The molecule has 2 heterocycles. The third-order valence-electron chi connectivity index (χ3n) is 17.2. The maximum Gasteiger partial charge on any atom is 0.220 e. The van der Waals surface area contributed by atoms with E-state index in [1.807, 2.05) is 6.08 Å². The first-order valence-corrected chi connectivity index (χ1v) is 34.4. The fourth-order valence-corrected chi connectivity index (χ4v) is 11.7. The van der Waals surface area contributed by atoms with Gasteiger partial charge in [-0.25, -0.2) is 0 Å². The third kappa shape index (κ3) is 37.8. The summed E-state index contributed by atoms with van der Waals surface area (Å²) in [7, 11) is 0. The summed E-state index contributed by atoms with van der Waals surface area (Å²) in [5, 5.41) is 87.3. The normalized spacial score (nSPS) is 24.1. The number of nitrogens with one attached hydrogen (secondary N) is 1. The summed E-state index contributed by atoms with van der Waals surface area (Å²) < 4.78 is 22.8. The minimum atomic E-state index is -1.79. The smallest absolute Gasteiger partial charge is 0.220 e. The van der Waals surface area contributed by atoms with E-state index >= 15 is 0 Å². The Bertz CT molecular complexity index is 1410. The van der Waals surface area contributed by atoms with Crippen LogP contribution in [-0.2, 0) is 23.7 Å². The number of aliphatic hydroxyl groups is 8. The Balaban J connectivity index is 1.65. The van der Waals surface area contributed by atoms with Crippen LogP contribution in [0.15, 0.2) is 12.2 Å². The van der Waals surface area contributed by atoms with Crippen molar-refractivity contribution in [3.05, 3.63) is 12.2 Å². The molecular weight excluding hydrogens is 1030 g/mol. The van der Waals surface area contributed by atoms with Gasteiger partial charge in [0, 0.05) is 6.42 Å². The van der Waals surface area contributed by atoms with Crippen LogP contribution in [0.25, 0.3) is 0 Å². The summed E-state index contributed by atoms with van der Waals surface area (Å²) in [5.41, 5.74) is 0. The molecule has 480 valence electrons. The van der Waals surface area contributed by atoms with Gasteiger partial charge >= 0.3 is 0 Å². The van der Waals surface area contributed by atoms with E-state index in [-0.39, 0.29) is 18.9 Å². The van der Waals surface area contributed by atoms with Gasteiger partial charge in [-0.15, -0.1) is 0 Å². The number of carbonyl (C=O) groups excluding carboxylic acids is 1. The summed E-state index contributed by atoms with van der Waals surface area (Å²) >= 11 is 0. The highest BCUT2D eigenvalue weighted by Gasteiger charge is 2.51. The number of allylic oxidation sites excluding steroid dienone is 1. The quantitative estimate of drug-likeness (QED) is 0.0204. The summed E-state index contributed by atoms with van der Waals surface area (Å²) in [6.07, 6.45) is 47.0. The van der Waals surface area contributed by atoms with Gasteiger partial charge in [0.15, 0.2) is 12.6 Å². The number of hydrogen-bond donors (Lipinski definition) is 9. The van der Waals surface area contributed by atoms with Crippen molar-refractivity contribution in [3.63, 3.8) is 0 Å². The number of hydrogen-bond acceptors (Lipinski definition) is 13. The molecule has 2 fully saturated rings. The van der Waals surface area contributed by atoms with Crippen LogP contribution >= 0.6 is 0 Å². The molecule has 2 rings (SSSR count). The molecule has 0 bridgehead atoms. The molecule has 0 aliphatic carbocycles. The lowest BCUT2D eigenvalue weighted by Gasteiger charge is -2.46. The van der Waals surface area contributed by atoms with Gasteiger partial charge in [0.05, 0.1) is 32.0 Å². The molecule has 2 aliphatic heterocycles. The standard InChI is InChI=1S/C67H129NO13/c1-3-5-7-9-11-13-15-17-19-21-22-23-24-25-26-27-28-29-30-31-32-33-35-37-39-41-43-45-47-49-51-59(72)68-55(56(71)50-48-46-44-42-40-38-36-34-20-18-16-14-12-10-8-6-4-2)54-78-66-64(77)62(75)65(58(53-70)80-66)81-67-63(76)61(74)60(73)57(52-69)79-67/h48,50,55-58,60-67,69-71,73-77H,3-47,49,51-54H2,1-2H3,(H,68,72)/b50-48+. The summed E-state index contributed by atoms with van der Waals surface area (Å²) in [6.45, 7) is 2.85. The van der Waals surface area contributed by atoms with E-state index in [1.165, 1.54) is 250 Å². The molecule has 1 amide bonds. The predicted molar refractivity (Wildman–Crippen MR) is 328 cm³/mol. The van der Waals surface area contributed by atoms with Crippen LogP contribution < -0.4 is 5.32 Å². The second kappa shape index (κ2) is 53.0. The van der Waals surface area contributed by atoms with Crippen molar-refractivity contribution in [1.29, 1.82) is 0 Å². The molecule has 14 heteroatoms. The topological polar surface area (TPSA) is 228 Å². The number of aliphatic hydroxyl groups excluding tert-OH is 8. The highest BCUT2D eigenvalue weighted by molar-refractivity contribution is 5.76. The first-order chi connectivity index (χ1) is 39.6. The lowest BCUT2D eigenvalue weighted by molar-refractivity contribution is -0.359. The highest BCUT2D eigenvalue weighted by Crippen LogP contribution is 2.30. The first-order valence-electron chi connectivity index (χ1n) is 34.4. The van der Waals surface area contributed by atoms with Gasteiger partial charge in [0.25, 0.3) is 0 Å². The summed E-state index contributed by atoms with van der Waals surface area (Å²) in [5.74, 6) is -0.231. The Morgan fingerprint density at radius 1 is 0.432 bits per heavy atom. The SMILES string of the molecule is CCCCCCCCCCCCCCCCC/C=C/C(O)C(COC1OC(CO)C(OC2OC(CO)C(O)C(O)C2O)C(O)C1O)NC(=O)CCCCCCCCCCCCCCCCCCCCCCCCCCCCCCCC. The molecule has 0 spiro atoms. The van der Waals surface area contributed by atoms with Gasteiger partial charge in [0.1, 0.15) is 48.8 Å². The fourth-order valence-electron chi connectivity index (χ4n) is 11.7. The van der Waals surface area contributed by atoms with Crippen LogP contribution in [0, 0.1) is 0 Å². The van der Waals surface area contributed by atoms with E-state index in [1.54, 1.807) is 6.08 Å². The first kappa shape index (κ1) is 75.8. The minimum absolute atomic E-state index is 0.231. The van der Waals surface area contributed by atoms with Crippen LogP contribution in [0.1, 0.15) is 316 Å². The molecule has 2 saturated heterocycles. The zero-order valence-electron chi connectivity index (χ0n) is 52.1. The van der Waals surface area contributed by atoms with Crippen molar-refractivity contribution >= 4 is 5.91 Å². The average Bonchev–Trinajstić information content (AvgIpc) is 3.63. The number of rotatable bonds is 57. The number of carbonyl (C=O) groups is 1. The maximum absolute atomic E-state index is 13.3. The number of unbranched alkanes of at least 4 members (excludes halogenated alkanes) is 44. The van der Waals surface area contributed by atoms with E-state index in [2.05, 4.69) is 19.2 Å². The molecule has 0 aromatic rings. The fraction of sp³-hybridized carbons (Fsp3) is 0.955. The molecule has 14 nitrogen and oxygen atoms in total. The highest BCUT2D eigenvalue weighted by atomic mass is 16.7. The monoisotopic (exact) mass is 1160 g/mol. The van der Waals surface area contributed by atoms with E-state index in [0.29, 0.717) is 6.42 Å². The molecule has 12 atom stereocenters. The Morgan fingerprint density at radius 2 is 0.765 bits per heavy atom. The molecular formula is C67H129NO13. The second-order valence-corrected chi connectivity index (χ2v) is 24.7. The summed E-state index contributed by atoms with van der Waals surface area (Å²) in [4.78, 5) is 13.3. The molecule has 81 heavy (non-hydrogen) atoms. The third-order valence-corrected chi connectivity index (χ3v) is 17.2. The van der Waals surface area contributed by atoms with E-state index in [4.69, 9.17) is 18.9 Å². The van der Waals surface area contributed by atoms with Gasteiger partial charge in [-0.2, -0.15) is 0 Å². The Labute approximate surface area is 495 Å². The van der Waals surface area contributed by atoms with Gasteiger partial charge in [-0.1, -0.05) is 302 Å². The Hall–Kier alpha value is -1.27. The zero-order valence-corrected chi connectivity index (χ0v) is 52.1. The van der Waals surface area contributed by atoms with Gasteiger partial charge in [-0.3, -0.25) is 4.79 Å². The molecule has 2 aliphatic rings. The molecule has 9 N–H and O–H groups in total. The molecule has 0 aromatic heterocycles. The summed E-state index contributed by atoms with van der Waals surface area (Å²) in [6, 6.07) is -0.910. The van der Waals surface area contributed by atoms with Crippen LogP contribution in [0.5, 0.6) is 0 Å². The Morgan fingerprint density at radius 3 is 1.14 bits per heavy atom. The predicted octanol–water partition coefficient (Wildman–Crippen LogP) is 13.4.